The summed E-state index contributed by atoms with van der Waals surface area (Å²) < 4.78 is 15.1. The molecule has 126 valence electrons. The monoisotopic (exact) mass is 314 g/mol. The van der Waals surface area contributed by atoms with Gasteiger partial charge in [0.05, 0.1) is 0 Å². The van der Waals surface area contributed by atoms with Gasteiger partial charge in [0, 0.05) is 5.41 Å². The molecule has 0 aromatic carbocycles. The summed E-state index contributed by atoms with van der Waals surface area (Å²) in [5.41, 5.74) is 2.87. The number of hydrogen-bond donors (Lipinski definition) is 0. The minimum Gasteiger partial charge on any atom is -0.243 e. The maximum atomic E-state index is 15.1. The summed E-state index contributed by atoms with van der Waals surface area (Å²) in [6, 6.07) is 0. The molecule has 3 fully saturated rings. The van der Waals surface area contributed by atoms with Crippen LogP contribution in [0.4, 0.5) is 4.39 Å². The first-order valence-electron chi connectivity index (χ1n) is 9.61. The van der Waals surface area contributed by atoms with Crippen molar-refractivity contribution in [3.05, 3.63) is 36.0 Å². The highest BCUT2D eigenvalue weighted by atomic mass is 19.1. The van der Waals surface area contributed by atoms with Crippen molar-refractivity contribution in [2.45, 2.75) is 65.5 Å². The summed E-state index contributed by atoms with van der Waals surface area (Å²) in [5.74, 6) is 2.45. The van der Waals surface area contributed by atoms with Gasteiger partial charge in [0.15, 0.2) is 0 Å². The molecule has 1 heteroatoms. The van der Waals surface area contributed by atoms with Crippen LogP contribution in [0.25, 0.3) is 0 Å². The number of rotatable bonds is 1. The molecule has 3 saturated carbocycles. The van der Waals surface area contributed by atoms with Crippen LogP contribution in [0, 0.1) is 34.5 Å². The summed E-state index contributed by atoms with van der Waals surface area (Å²) in [5, 5.41) is 0. The molecule has 0 bridgehead atoms. The van der Waals surface area contributed by atoms with Crippen LogP contribution < -0.4 is 0 Å². The smallest absolute Gasteiger partial charge is 0.122 e. The van der Waals surface area contributed by atoms with Gasteiger partial charge in [0.1, 0.15) is 6.17 Å². The molecule has 0 aromatic rings. The van der Waals surface area contributed by atoms with E-state index in [0.29, 0.717) is 29.1 Å². The van der Waals surface area contributed by atoms with Crippen LogP contribution in [0.5, 0.6) is 0 Å². The molecule has 0 radical (unpaired) electrons. The highest BCUT2D eigenvalue weighted by molar-refractivity contribution is 5.35. The molecule has 0 nitrogen and oxygen atoms in total. The van der Waals surface area contributed by atoms with E-state index in [-0.39, 0.29) is 5.41 Å². The highest BCUT2D eigenvalue weighted by Gasteiger charge is 2.60. The zero-order valence-corrected chi connectivity index (χ0v) is 14.9. The van der Waals surface area contributed by atoms with Crippen molar-refractivity contribution in [1.29, 1.82) is 0 Å². The molecule has 0 saturated heterocycles. The van der Waals surface area contributed by atoms with Crippen LogP contribution in [0.3, 0.4) is 0 Å². The van der Waals surface area contributed by atoms with Gasteiger partial charge in [-0.3, -0.25) is 0 Å². The van der Waals surface area contributed by atoms with E-state index in [1.54, 1.807) is 0 Å². The highest BCUT2D eigenvalue weighted by Crippen LogP contribution is 2.67. The third kappa shape index (κ3) is 1.94. The first-order chi connectivity index (χ1) is 10.9. The molecule has 7 atom stereocenters. The Morgan fingerprint density at radius 3 is 2.83 bits per heavy atom. The molecule has 0 N–H and O–H groups in total. The molecular weight excluding hydrogens is 283 g/mol. The van der Waals surface area contributed by atoms with Gasteiger partial charge in [-0.15, -0.1) is 0 Å². The number of hydrogen-bond acceptors (Lipinski definition) is 0. The lowest BCUT2D eigenvalue weighted by Gasteiger charge is -2.57. The van der Waals surface area contributed by atoms with Crippen LogP contribution >= 0.6 is 0 Å². The standard InChI is InChI=1S/C22H31F/c1-5-16-14(2)12-19-15-13-20(23)18-8-6-7-10-21(18,3)17(15)9-11-22(16,19)4/h7-8,10,15-17,19-20H,2,5-6,9,11-13H2,1,3-4H3/t15-,16+,17+,19+,20+,21-,22-/m1/s1. The summed E-state index contributed by atoms with van der Waals surface area (Å²) in [4.78, 5) is 0. The van der Waals surface area contributed by atoms with Crippen LogP contribution in [-0.2, 0) is 0 Å². The largest absolute Gasteiger partial charge is 0.243 e. The number of allylic oxidation sites excluding steroid dienone is 5. The number of alkyl halides is 1. The minimum atomic E-state index is -0.734. The third-order valence-corrected chi connectivity index (χ3v) is 8.20. The Morgan fingerprint density at radius 2 is 2.09 bits per heavy atom. The fraction of sp³-hybridized carbons (Fsp3) is 0.727. The van der Waals surface area contributed by atoms with Gasteiger partial charge in [-0.05, 0) is 73.2 Å². The van der Waals surface area contributed by atoms with Crippen molar-refractivity contribution in [2.75, 3.05) is 0 Å². The second kappa shape index (κ2) is 5.07. The summed E-state index contributed by atoms with van der Waals surface area (Å²) in [6.07, 6.45) is 12.6. The Morgan fingerprint density at radius 1 is 1.30 bits per heavy atom. The van der Waals surface area contributed by atoms with Crippen molar-refractivity contribution >= 4 is 0 Å². The fourth-order valence-corrected chi connectivity index (χ4v) is 7.16. The maximum Gasteiger partial charge on any atom is 0.122 e. The van der Waals surface area contributed by atoms with Crippen molar-refractivity contribution in [3.63, 3.8) is 0 Å². The quantitative estimate of drug-likeness (QED) is 0.501. The lowest BCUT2D eigenvalue weighted by molar-refractivity contribution is -0.0487. The average Bonchev–Trinajstić information content (AvgIpc) is 2.77. The SMILES string of the molecule is C=C1C[C@H]2[C@@H]3C[C@H](F)C4=CCC=C[C@]4(C)[C@H]3CC[C@]2(C)[C@H]1CC. The van der Waals surface area contributed by atoms with Gasteiger partial charge in [0.25, 0.3) is 0 Å². The average molecular weight is 314 g/mol. The molecule has 23 heavy (non-hydrogen) atoms. The molecule has 4 aliphatic carbocycles. The third-order valence-electron chi connectivity index (χ3n) is 8.20. The van der Waals surface area contributed by atoms with E-state index in [1.807, 2.05) is 0 Å². The molecule has 0 unspecified atom stereocenters. The first kappa shape index (κ1) is 15.7. The van der Waals surface area contributed by atoms with E-state index < -0.39 is 6.17 Å². The molecular formula is C22H31F. The predicted octanol–water partition coefficient (Wildman–Crippen LogP) is 6.26. The lowest BCUT2D eigenvalue weighted by Crippen LogP contribution is -2.51. The Bertz CT molecular complexity index is 585. The minimum absolute atomic E-state index is 0.0342. The molecule has 0 heterocycles. The maximum absolute atomic E-state index is 15.1. The van der Waals surface area contributed by atoms with Crippen molar-refractivity contribution < 1.29 is 4.39 Å². The van der Waals surface area contributed by atoms with E-state index in [1.165, 1.54) is 24.8 Å². The van der Waals surface area contributed by atoms with E-state index >= 15 is 4.39 Å². The van der Waals surface area contributed by atoms with E-state index in [4.69, 9.17) is 0 Å². The normalized spacial score (nSPS) is 51.7. The predicted molar refractivity (Wildman–Crippen MR) is 94.8 cm³/mol. The number of halogens is 1. The molecule has 4 rings (SSSR count). The molecule has 0 aromatic heterocycles. The zero-order chi connectivity index (χ0) is 16.4. The molecule has 0 amide bonds. The van der Waals surface area contributed by atoms with Crippen LogP contribution in [-0.4, -0.2) is 6.17 Å². The lowest BCUT2D eigenvalue weighted by atomic mass is 9.47. The second-order valence-electron chi connectivity index (χ2n) is 9.03. The van der Waals surface area contributed by atoms with E-state index in [9.17, 15) is 0 Å². The Balaban J connectivity index is 1.74. The van der Waals surface area contributed by atoms with Gasteiger partial charge in [-0.25, -0.2) is 4.39 Å². The van der Waals surface area contributed by atoms with Gasteiger partial charge in [-0.2, -0.15) is 0 Å². The van der Waals surface area contributed by atoms with E-state index in [0.717, 1.165) is 24.8 Å². The van der Waals surface area contributed by atoms with Crippen LogP contribution in [0.1, 0.15) is 59.3 Å². The van der Waals surface area contributed by atoms with Crippen molar-refractivity contribution in [1.82, 2.24) is 0 Å². The van der Waals surface area contributed by atoms with Crippen molar-refractivity contribution in [3.8, 4) is 0 Å². The number of fused-ring (bicyclic) bond motifs is 5. The van der Waals surface area contributed by atoms with Crippen LogP contribution in [0.15, 0.2) is 36.0 Å². The molecule has 0 spiro atoms. The Kier molecular flexibility index (Phi) is 3.45. The Labute approximate surface area is 140 Å². The van der Waals surface area contributed by atoms with Gasteiger partial charge < -0.3 is 0 Å². The van der Waals surface area contributed by atoms with Crippen LogP contribution in [0.2, 0.25) is 0 Å². The van der Waals surface area contributed by atoms with Gasteiger partial charge in [-0.1, -0.05) is 51.2 Å². The van der Waals surface area contributed by atoms with Crippen molar-refractivity contribution in [2.24, 2.45) is 34.5 Å². The van der Waals surface area contributed by atoms with Gasteiger partial charge in [0.2, 0.25) is 0 Å². The fourth-order valence-electron chi connectivity index (χ4n) is 7.16. The molecule has 4 aliphatic rings. The van der Waals surface area contributed by atoms with E-state index in [2.05, 4.69) is 45.6 Å². The first-order valence-corrected chi connectivity index (χ1v) is 9.61. The Hall–Kier alpha value is -0.850. The van der Waals surface area contributed by atoms with Gasteiger partial charge >= 0.3 is 0 Å². The summed E-state index contributed by atoms with van der Waals surface area (Å²) in [6.45, 7) is 11.5. The summed E-state index contributed by atoms with van der Waals surface area (Å²) in [7, 11) is 0. The molecule has 0 aliphatic heterocycles. The summed E-state index contributed by atoms with van der Waals surface area (Å²) >= 11 is 0. The topological polar surface area (TPSA) is 0 Å². The second-order valence-corrected chi connectivity index (χ2v) is 9.03. The zero-order valence-electron chi connectivity index (χ0n) is 14.9.